The molecule has 44 heavy (non-hydrogen) atoms. The van der Waals surface area contributed by atoms with Crippen molar-refractivity contribution in [2.45, 2.75) is 89.9 Å². The van der Waals surface area contributed by atoms with E-state index in [0.717, 1.165) is 16.5 Å². The Labute approximate surface area is 266 Å². The highest BCUT2D eigenvalue weighted by molar-refractivity contribution is 9.10. The maximum Gasteiger partial charge on any atom is 0.422 e. The molecule has 5 atom stereocenters. The van der Waals surface area contributed by atoms with Gasteiger partial charge in [0.25, 0.3) is 0 Å². The Morgan fingerprint density at radius 1 is 1.14 bits per heavy atom. The van der Waals surface area contributed by atoms with Crippen molar-refractivity contribution in [1.82, 2.24) is 15.3 Å². The molecule has 2 amide bonds. The maximum absolute atomic E-state index is 14.8. The van der Waals surface area contributed by atoms with Crippen molar-refractivity contribution in [1.29, 1.82) is 0 Å². The van der Waals surface area contributed by atoms with Crippen molar-refractivity contribution in [3.63, 3.8) is 0 Å². The zero-order chi connectivity index (χ0) is 31.6. The molecule has 0 unspecified atom stereocenters. The molecule has 2 aromatic carbocycles. The number of amides is 2. The summed E-state index contributed by atoms with van der Waals surface area (Å²) in [6, 6.07) is 13.8. The SMILES string of the molecule is CC(C)(C)OC(=O)N1[C@@H](Cc2ccc(Br)cc2)[C@H](CN(Cc2ccccc2F)NC(=O)O[C@H]2CO[C@H]3OCC[C@H]32)OC1(C)C. The van der Waals surface area contributed by atoms with Crippen molar-refractivity contribution in [3.8, 4) is 0 Å². The standard InChI is InChI=1S/C32H41BrFN3O7/c1-31(2,3)44-30(39)37-25(16-20-10-12-22(33)13-11-20)26(43-32(37,4)5)18-36(17-21-8-6-7-9-24(21)34)35-29(38)42-27-19-41-28-23(27)14-15-40-28/h6-13,23,25-28H,14-19H2,1-5H3,(H,35,38)/t23-,25-,26-,27-,28+/m0/s1. The van der Waals surface area contributed by atoms with Crippen molar-refractivity contribution < 1.29 is 37.7 Å². The van der Waals surface area contributed by atoms with E-state index in [-0.39, 0.29) is 31.9 Å². The number of rotatable bonds is 8. The summed E-state index contributed by atoms with van der Waals surface area (Å²) < 4.78 is 45.0. The van der Waals surface area contributed by atoms with Gasteiger partial charge in [-0.05, 0) is 71.2 Å². The van der Waals surface area contributed by atoms with Crippen LogP contribution in [0.1, 0.15) is 52.2 Å². The predicted octanol–water partition coefficient (Wildman–Crippen LogP) is 5.78. The highest BCUT2D eigenvalue weighted by Crippen LogP contribution is 2.36. The molecule has 3 heterocycles. The smallest absolute Gasteiger partial charge is 0.422 e. The van der Waals surface area contributed by atoms with E-state index >= 15 is 0 Å². The number of carbonyl (C=O) groups is 2. The number of hydrogen-bond donors (Lipinski definition) is 1. The number of hydrazine groups is 1. The summed E-state index contributed by atoms with van der Waals surface area (Å²) in [6.45, 7) is 10.0. The topological polar surface area (TPSA) is 98.8 Å². The van der Waals surface area contributed by atoms with Crippen LogP contribution in [0.15, 0.2) is 53.0 Å². The number of benzene rings is 2. The second-order valence-electron chi connectivity index (χ2n) is 12.9. The van der Waals surface area contributed by atoms with Gasteiger partial charge in [0.2, 0.25) is 0 Å². The quantitative estimate of drug-likeness (QED) is 0.352. The predicted molar refractivity (Wildman–Crippen MR) is 163 cm³/mol. The minimum atomic E-state index is -1.03. The lowest BCUT2D eigenvalue weighted by molar-refractivity contribution is -0.0909. The number of nitrogens with one attached hydrogen (secondary N) is 1. The van der Waals surface area contributed by atoms with Crippen LogP contribution in [0.3, 0.4) is 0 Å². The van der Waals surface area contributed by atoms with Crippen molar-refractivity contribution >= 4 is 28.1 Å². The molecule has 10 nitrogen and oxygen atoms in total. The van der Waals surface area contributed by atoms with E-state index in [1.165, 1.54) is 6.07 Å². The Bertz CT molecular complexity index is 1320. The number of ether oxygens (including phenoxy) is 5. The van der Waals surface area contributed by atoms with E-state index in [1.54, 1.807) is 28.1 Å². The Hall–Kier alpha value is -2.77. The average Bonchev–Trinajstić information content (AvgIpc) is 3.60. The zero-order valence-electron chi connectivity index (χ0n) is 25.8. The third kappa shape index (κ3) is 7.89. The van der Waals surface area contributed by atoms with Gasteiger partial charge in [-0.3, -0.25) is 10.3 Å². The van der Waals surface area contributed by atoms with Gasteiger partial charge in [-0.1, -0.05) is 46.3 Å². The fourth-order valence-electron chi connectivity index (χ4n) is 6.02. The van der Waals surface area contributed by atoms with E-state index in [4.69, 9.17) is 23.7 Å². The molecule has 5 rings (SSSR count). The minimum Gasteiger partial charge on any atom is -0.444 e. The molecule has 0 aliphatic carbocycles. The number of carbonyl (C=O) groups excluding carboxylic acids is 2. The molecular weight excluding hydrogens is 637 g/mol. The summed E-state index contributed by atoms with van der Waals surface area (Å²) in [5.41, 5.74) is 2.43. The molecule has 3 aliphatic heterocycles. The lowest BCUT2D eigenvalue weighted by atomic mass is 10.00. The molecule has 3 fully saturated rings. The fourth-order valence-corrected chi connectivity index (χ4v) is 6.29. The highest BCUT2D eigenvalue weighted by Gasteiger charge is 2.52. The molecule has 2 aromatic rings. The van der Waals surface area contributed by atoms with Gasteiger partial charge in [-0.25, -0.2) is 19.0 Å². The van der Waals surface area contributed by atoms with Crippen LogP contribution in [0.2, 0.25) is 0 Å². The summed E-state index contributed by atoms with van der Waals surface area (Å²) in [4.78, 5) is 28.4. The summed E-state index contributed by atoms with van der Waals surface area (Å²) in [5.74, 6) is -0.435. The molecule has 0 spiro atoms. The number of hydrogen-bond acceptors (Lipinski definition) is 8. The molecule has 3 aliphatic rings. The largest absolute Gasteiger partial charge is 0.444 e. The molecule has 240 valence electrons. The molecule has 3 saturated heterocycles. The summed E-state index contributed by atoms with van der Waals surface area (Å²) in [5, 5.41) is 1.58. The highest BCUT2D eigenvalue weighted by atomic mass is 79.9. The van der Waals surface area contributed by atoms with Crippen LogP contribution in [0, 0.1) is 11.7 Å². The van der Waals surface area contributed by atoms with Crippen LogP contribution >= 0.6 is 15.9 Å². The first kappa shape index (κ1) is 32.6. The monoisotopic (exact) mass is 677 g/mol. The Morgan fingerprint density at radius 3 is 2.57 bits per heavy atom. The van der Waals surface area contributed by atoms with Crippen molar-refractivity contribution in [2.75, 3.05) is 19.8 Å². The Morgan fingerprint density at radius 2 is 1.86 bits per heavy atom. The second-order valence-corrected chi connectivity index (χ2v) is 13.8. The average molecular weight is 679 g/mol. The van der Waals surface area contributed by atoms with Gasteiger partial charge in [-0.15, -0.1) is 0 Å². The zero-order valence-corrected chi connectivity index (χ0v) is 27.3. The van der Waals surface area contributed by atoms with E-state index in [9.17, 15) is 14.0 Å². The van der Waals surface area contributed by atoms with Gasteiger partial charge in [-0.2, -0.15) is 0 Å². The van der Waals surface area contributed by atoms with Gasteiger partial charge < -0.3 is 23.7 Å². The Balaban J connectivity index is 1.40. The van der Waals surface area contributed by atoms with Crippen molar-refractivity contribution in [3.05, 3.63) is 69.9 Å². The number of halogens is 2. The van der Waals surface area contributed by atoms with Gasteiger partial charge >= 0.3 is 12.2 Å². The summed E-state index contributed by atoms with van der Waals surface area (Å²) >= 11 is 3.48. The number of fused-ring (bicyclic) bond motifs is 1. The van der Waals surface area contributed by atoms with E-state index in [0.29, 0.717) is 18.6 Å². The molecule has 1 N–H and O–H groups in total. The fraction of sp³-hybridized carbons (Fsp3) is 0.562. The van der Waals surface area contributed by atoms with E-state index in [2.05, 4.69) is 21.4 Å². The van der Waals surface area contributed by atoms with Crippen LogP contribution in [-0.2, 0) is 36.6 Å². The van der Waals surface area contributed by atoms with Crippen molar-refractivity contribution in [2.24, 2.45) is 5.92 Å². The first-order valence-corrected chi connectivity index (χ1v) is 15.7. The minimum absolute atomic E-state index is 0.0302. The first-order chi connectivity index (χ1) is 20.8. The molecular formula is C32H41BrFN3O7. The molecule has 12 heteroatoms. The molecule has 0 bridgehead atoms. The number of nitrogens with zero attached hydrogens (tertiary/aromatic N) is 2. The van der Waals surface area contributed by atoms with Crippen LogP contribution in [0.4, 0.5) is 14.0 Å². The lowest BCUT2D eigenvalue weighted by Gasteiger charge is -2.35. The van der Waals surface area contributed by atoms with Gasteiger partial charge in [0.1, 0.15) is 23.2 Å². The first-order valence-electron chi connectivity index (χ1n) is 14.9. The third-order valence-electron chi connectivity index (χ3n) is 7.94. The van der Waals surface area contributed by atoms with Crippen LogP contribution in [0.25, 0.3) is 0 Å². The van der Waals surface area contributed by atoms with Gasteiger partial charge in [0.15, 0.2) is 6.29 Å². The molecule has 0 radical (unpaired) electrons. The molecule has 0 aromatic heterocycles. The third-order valence-corrected chi connectivity index (χ3v) is 8.47. The van der Waals surface area contributed by atoms with E-state index in [1.807, 2.05) is 58.9 Å². The summed E-state index contributed by atoms with van der Waals surface area (Å²) in [7, 11) is 0. The normalized spacial score (nSPS) is 26.1. The second kappa shape index (κ2) is 13.3. The van der Waals surface area contributed by atoms with Crippen LogP contribution < -0.4 is 5.43 Å². The van der Waals surface area contributed by atoms with E-state index < -0.39 is 47.6 Å². The van der Waals surface area contributed by atoms with Crippen LogP contribution in [0.5, 0.6) is 0 Å². The molecule has 0 saturated carbocycles. The van der Waals surface area contributed by atoms with Crippen LogP contribution in [-0.4, -0.2) is 77.7 Å². The van der Waals surface area contributed by atoms with Gasteiger partial charge in [0.05, 0.1) is 31.3 Å². The Kier molecular flexibility index (Phi) is 9.86. The van der Waals surface area contributed by atoms with Gasteiger partial charge in [0, 0.05) is 23.1 Å². The lowest BCUT2D eigenvalue weighted by Crippen LogP contribution is -2.53. The maximum atomic E-state index is 14.8. The summed E-state index contributed by atoms with van der Waals surface area (Å²) in [6.07, 6.45) is -1.40.